The molecule has 22 heavy (non-hydrogen) atoms. The normalized spacial score (nSPS) is 10.9. The summed E-state index contributed by atoms with van der Waals surface area (Å²) >= 11 is 0. The van der Waals surface area contributed by atoms with E-state index in [4.69, 9.17) is 9.15 Å². The van der Waals surface area contributed by atoms with E-state index < -0.39 is 0 Å². The van der Waals surface area contributed by atoms with Gasteiger partial charge in [-0.2, -0.15) is 0 Å². The zero-order valence-corrected chi connectivity index (χ0v) is 11.5. The Morgan fingerprint density at radius 3 is 2.68 bits per heavy atom. The predicted molar refractivity (Wildman–Crippen MR) is 77.5 cm³/mol. The molecule has 0 N–H and O–H groups in total. The molecule has 0 aliphatic heterocycles. The van der Waals surface area contributed by atoms with Gasteiger partial charge in [0.15, 0.2) is 12.2 Å². The average Bonchev–Trinajstić information content (AvgIpc) is 3.22. The largest absolute Gasteiger partial charge is 0.484 e. The highest BCUT2D eigenvalue weighted by atomic mass is 16.5. The maximum absolute atomic E-state index is 5.68. The van der Waals surface area contributed by atoms with E-state index in [0.717, 1.165) is 22.5 Å². The molecule has 0 aliphatic carbocycles. The minimum Gasteiger partial charge on any atom is -0.484 e. The molecule has 108 valence electrons. The summed E-state index contributed by atoms with van der Waals surface area (Å²) in [5.41, 5.74) is 2.45. The van der Waals surface area contributed by atoms with Crippen molar-refractivity contribution in [3.05, 3.63) is 60.7 Å². The second-order valence-corrected chi connectivity index (χ2v) is 4.61. The number of para-hydroxylation sites is 2. The molecule has 2 heterocycles. The SMILES string of the molecule is c1ccc2oc(COc3ccc(-n4cnnn4)cc3)nc2c1. The monoisotopic (exact) mass is 293 g/mol. The van der Waals surface area contributed by atoms with E-state index in [2.05, 4.69) is 20.5 Å². The zero-order valence-electron chi connectivity index (χ0n) is 11.5. The summed E-state index contributed by atoms with van der Waals surface area (Å²) < 4.78 is 12.9. The third-order valence-corrected chi connectivity index (χ3v) is 3.15. The second kappa shape index (κ2) is 5.28. The molecule has 2 aromatic carbocycles. The first kappa shape index (κ1) is 12.5. The van der Waals surface area contributed by atoms with E-state index in [1.165, 1.54) is 6.33 Å². The summed E-state index contributed by atoms with van der Waals surface area (Å²) in [5.74, 6) is 1.27. The number of aromatic nitrogens is 5. The number of oxazole rings is 1. The van der Waals surface area contributed by atoms with Gasteiger partial charge in [0.25, 0.3) is 0 Å². The molecule has 0 aliphatic rings. The van der Waals surface area contributed by atoms with Crippen LogP contribution in [0.4, 0.5) is 0 Å². The van der Waals surface area contributed by atoms with Crippen molar-refractivity contribution in [1.82, 2.24) is 25.2 Å². The van der Waals surface area contributed by atoms with Crippen molar-refractivity contribution in [2.45, 2.75) is 6.61 Å². The number of fused-ring (bicyclic) bond motifs is 1. The Labute approximate surface area is 125 Å². The van der Waals surface area contributed by atoms with E-state index in [0.29, 0.717) is 5.89 Å². The van der Waals surface area contributed by atoms with Crippen molar-refractivity contribution in [2.75, 3.05) is 0 Å². The standard InChI is InChI=1S/C15H11N5O2/c1-2-4-14-13(3-1)17-15(22-14)9-21-12-7-5-11(6-8-12)20-10-16-18-19-20/h1-8,10H,9H2. The average molecular weight is 293 g/mol. The number of rotatable bonds is 4. The Balaban J connectivity index is 1.47. The predicted octanol–water partition coefficient (Wildman–Crippen LogP) is 2.38. The minimum atomic E-state index is 0.277. The van der Waals surface area contributed by atoms with E-state index >= 15 is 0 Å². The van der Waals surface area contributed by atoms with E-state index in [-0.39, 0.29) is 6.61 Å². The topological polar surface area (TPSA) is 78.9 Å². The molecule has 0 saturated heterocycles. The summed E-state index contributed by atoms with van der Waals surface area (Å²) in [4.78, 5) is 4.36. The summed E-state index contributed by atoms with van der Waals surface area (Å²) in [6, 6.07) is 15.1. The van der Waals surface area contributed by atoms with Crippen LogP contribution in [0.1, 0.15) is 5.89 Å². The van der Waals surface area contributed by atoms with Crippen molar-refractivity contribution in [3.63, 3.8) is 0 Å². The maximum atomic E-state index is 5.68. The molecule has 0 fully saturated rings. The van der Waals surface area contributed by atoms with Gasteiger partial charge in [-0.05, 0) is 46.8 Å². The van der Waals surface area contributed by atoms with Crippen molar-refractivity contribution in [1.29, 1.82) is 0 Å². The first-order valence-electron chi connectivity index (χ1n) is 6.69. The molecule has 0 spiro atoms. The second-order valence-electron chi connectivity index (χ2n) is 4.61. The molecule has 4 aromatic rings. The Bertz CT molecular complexity index is 851. The van der Waals surface area contributed by atoms with Crippen LogP contribution in [0.3, 0.4) is 0 Å². The molecule has 2 aromatic heterocycles. The van der Waals surface area contributed by atoms with E-state index in [1.54, 1.807) is 4.68 Å². The van der Waals surface area contributed by atoms with Gasteiger partial charge < -0.3 is 9.15 Å². The van der Waals surface area contributed by atoms with Gasteiger partial charge in [0.05, 0.1) is 5.69 Å². The van der Waals surface area contributed by atoms with Gasteiger partial charge in [-0.3, -0.25) is 0 Å². The lowest BCUT2D eigenvalue weighted by Gasteiger charge is -2.04. The highest BCUT2D eigenvalue weighted by Crippen LogP contribution is 2.18. The molecule has 0 amide bonds. The van der Waals surface area contributed by atoms with Gasteiger partial charge in [-0.15, -0.1) is 5.10 Å². The fourth-order valence-corrected chi connectivity index (χ4v) is 2.10. The zero-order chi connectivity index (χ0) is 14.8. The van der Waals surface area contributed by atoms with Gasteiger partial charge in [0, 0.05) is 0 Å². The summed E-state index contributed by atoms with van der Waals surface area (Å²) in [6.07, 6.45) is 1.54. The third-order valence-electron chi connectivity index (χ3n) is 3.15. The minimum absolute atomic E-state index is 0.277. The molecule has 0 radical (unpaired) electrons. The molecule has 7 nitrogen and oxygen atoms in total. The third kappa shape index (κ3) is 2.39. The number of nitrogens with zero attached hydrogens (tertiary/aromatic N) is 5. The summed E-state index contributed by atoms with van der Waals surface area (Å²) in [7, 11) is 0. The highest BCUT2D eigenvalue weighted by Gasteiger charge is 2.06. The molecule has 0 bridgehead atoms. The van der Waals surface area contributed by atoms with Crippen molar-refractivity contribution >= 4 is 11.1 Å². The van der Waals surface area contributed by atoms with Crippen LogP contribution >= 0.6 is 0 Å². The number of hydrogen-bond acceptors (Lipinski definition) is 6. The Kier molecular flexibility index (Phi) is 3.01. The fourth-order valence-electron chi connectivity index (χ4n) is 2.10. The summed E-state index contributed by atoms with van der Waals surface area (Å²) in [6.45, 7) is 0.277. The number of benzene rings is 2. The van der Waals surface area contributed by atoms with Crippen LogP contribution in [-0.2, 0) is 6.61 Å². The van der Waals surface area contributed by atoms with Crippen LogP contribution in [0.2, 0.25) is 0 Å². The molecule has 7 heteroatoms. The lowest BCUT2D eigenvalue weighted by Crippen LogP contribution is -1.97. The first-order chi connectivity index (χ1) is 10.9. The van der Waals surface area contributed by atoms with Crippen LogP contribution in [0.15, 0.2) is 59.3 Å². The molecular weight excluding hydrogens is 282 g/mol. The van der Waals surface area contributed by atoms with Crippen LogP contribution in [0.25, 0.3) is 16.8 Å². The lowest BCUT2D eigenvalue weighted by molar-refractivity contribution is 0.267. The number of ether oxygens (including phenoxy) is 1. The first-order valence-corrected chi connectivity index (χ1v) is 6.69. The van der Waals surface area contributed by atoms with Crippen LogP contribution in [0, 0.1) is 0 Å². The van der Waals surface area contributed by atoms with Gasteiger partial charge >= 0.3 is 0 Å². The van der Waals surface area contributed by atoms with Crippen molar-refractivity contribution in [2.24, 2.45) is 0 Å². The van der Waals surface area contributed by atoms with Crippen molar-refractivity contribution < 1.29 is 9.15 Å². The van der Waals surface area contributed by atoms with Gasteiger partial charge in [0.1, 0.15) is 17.6 Å². The van der Waals surface area contributed by atoms with E-state index in [1.807, 2.05) is 48.5 Å². The highest BCUT2D eigenvalue weighted by molar-refractivity contribution is 5.72. The van der Waals surface area contributed by atoms with Crippen LogP contribution in [-0.4, -0.2) is 25.2 Å². The van der Waals surface area contributed by atoms with Gasteiger partial charge in [-0.25, -0.2) is 9.67 Å². The van der Waals surface area contributed by atoms with Crippen LogP contribution < -0.4 is 4.74 Å². The molecule has 0 atom stereocenters. The lowest BCUT2D eigenvalue weighted by atomic mass is 10.3. The van der Waals surface area contributed by atoms with Crippen molar-refractivity contribution in [3.8, 4) is 11.4 Å². The summed E-state index contributed by atoms with van der Waals surface area (Å²) in [5, 5.41) is 11.0. The molecular formula is C15H11N5O2. The Morgan fingerprint density at radius 2 is 1.91 bits per heavy atom. The molecule has 0 unspecified atom stereocenters. The molecule has 4 rings (SSSR count). The molecule has 0 saturated carbocycles. The van der Waals surface area contributed by atoms with Crippen LogP contribution in [0.5, 0.6) is 5.75 Å². The quantitative estimate of drug-likeness (QED) is 0.575. The van der Waals surface area contributed by atoms with E-state index in [9.17, 15) is 0 Å². The smallest absolute Gasteiger partial charge is 0.233 e. The number of tetrazole rings is 1. The van der Waals surface area contributed by atoms with Gasteiger partial charge in [0.2, 0.25) is 5.89 Å². The number of hydrogen-bond donors (Lipinski definition) is 0. The maximum Gasteiger partial charge on any atom is 0.233 e. The Morgan fingerprint density at radius 1 is 1.05 bits per heavy atom. The fraction of sp³-hybridized carbons (Fsp3) is 0.0667. The van der Waals surface area contributed by atoms with Gasteiger partial charge in [-0.1, -0.05) is 12.1 Å². The Hall–Kier alpha value is -3.22.